The van der Waals surface area contributed by atoms with Crippen LogP contribution in [0.3, 0.4) is 0 Å². The second kappa shape index (κ2) is 11.1. The summed E-state index contributed by atoms with van der Waals surface area (Å²) in [5.74, 6) is 3.02. The predicted octanol–water partition coefficient (Wildman–Crippen LogP) is 2.11. The highest BCUT2D eigenvalue weighted by Gasteiger charge is 2.25. The molecule has 0 saturated carbocycles. The van der Waals surface area contributed by atoms with Crippen molar-refractivity contribution in [3.8, 4) is 5.75 Å². The first kappa shape index (κ1) is 23.6. The predicted molar refractivity (Wildman–Crippen MR) is 132 cm³/mol. The zero-order chi connectivity index (χ0) is 24.0. The Morgan fingerprint density at radius 1 is 1.14 bits per heavy atom. The Kier molecular flexibility index (Phi) is 7.45. The van der Waals surface area contributed by atoms with E-state index >= 15 is 0 Å². The van der Waals surface area contributed by atoms with Gasteiger partial charge in [-0.15, -0.1) is 10.2 Å². The van der Waals surface area contributed by atoms with Crippen molar-refractivity contribution >= 4 is 35.3 Å². The second-order valence-electron chi connectivity index (χ2n) is 8.18. The summed E-state index contributed by atoms with van der Waals surface area (Å²) < 4.78 is 18.9. The lowest BCUT2D eigenvalue weighted by molar-refractivity contribution is 0.0942. The Labute approximate surface area is 207 Å². The van der Waals surface area contributed by atoms with Crippen LogP contribution >= 0.6 is 11.8 Å². The molecule has 1 aromatic carbocycles. The molecule has 2 aliphatic rings. The van der Waals surface area contributed by atoms with E-state index in [0.29, 0.717) is 43.0 Å². The maximum Gasteiger partial charge on any atom is 0.232 e. The number of hydrogen-bond acceptors (Lipinski definition) is 12. The summed E-state index contributed by atoms with van der Waals surface area (Å²) in [4.78, 5) is 15.3. The molecule has 12 nitrogen and oxygen atoms in total. The highest BCUT2D eigenvalue weighted by molar-refractivity contribution is 7.98. The zero-order valence-electron chi connectivity index (χ0n) is 19.6. The van der Waals surface area contributed by atoms with Crippen LogP contribution in [-0.4, -0.2) is 75.8 Å². The average Bonchev–Trinajstić information content (AvgIpc) is 3.54. The number of ether oxygens (including phenoxy) is 3. The molecule has 1 atom stereocenters. The number of anilines is 4. The number of aromatic nitrogens is 6. The standard InChI is InChI=1S/C22H29N9O3S/c1-32-17-7-3-2-6-16(17)24-20-26-18(25-19(23)27-20)14-35-22-29-28-21(30-8-11-33-12-9-30)31(22)13-15-5-4-10-34-15/h2-3,6-7,15H,4-5,8-14H2,1H3,(H3,23,24,25,26,27). The number of thioether (sulfide) groups is 1. The van der Waals surface area contributed by atoms with Crippen molar-refractivity contribution in [3.05, 3.63) is 30.1 Å². The Morgan fingerprint density at radius 2 is 2.00 bits per heavy atom. The Bertz CT molecular complexity index is 1130. The number of nitrogens with one attached hydrogen (secondary N) is 1. The van der Waals surface area contributed by atoms with Crippen LogP contribution in [0.25, 0.3) is 0 Å². The Balaban J connectivity index is 1.33. The molecule has 186 valence electrons. The lowest BCUT2D eigenvalue weighted by Crippen LogP contribution is -2.38. The normalized spacial score (nSPS) is 18.1. The van der Waals surface area contributed by atoms with E-state index in [4.69, 9.17) is 19.9 Å². The van der Waals surface area contributed by atoms with Gasteiger partial charge in [-0.05, 0) is 25.0 Å². The lowest BCUT2D eigenvalue weighted by atomic mass is 10.2. The molecule has 3 aromatic rings. The molecule has 0 radical (unpaired) electrons. The van der Waals surface area contributed by atoms with E-state index in [1.807, 2.05) is 24.3 Å². The van der Waals surface area contributed by atoms with Gasteiger partial charge in [-0.1, -0.05) is 23.9 Å². The molecule has 0 bridgehead atoms. The fraction of sp³-hybridized carbons (Fsp3) is 0.500. The van der Waals surface area contributed by atoms with Crippen LogP contribution in [0.1, 0.15) is 18.7 Å². The number of methoxy groups -OCH3 is 1. The van der Waals surface area contributed by atoms with Crippen LogP contribution in [-0.2, 0) is 21.8 Å². The van der Waals surface area contributed by atoms with Crippen molar-refractivity contribution < 1.29 is 14.2 Å². The van der Waals surface area contributed by atoms with Crippen LogP contribution in [0.5, 0.6) is 5.75 Å². The molecule has 5 rings (SSSR count). The summed E-state index contributed by atoms with van der Waals surface area (Å²) in [7, 11) is 1.61. The topological polar surface area (TPSA) is 138 Å². The minimum absolute atomic E-state index is 0.142. The third-order valence-corrected chi connectivity index (χ3v) is 6.75. The molecule has 1 unspecified atom stereocenters. The van der Waals surface area contributed by atoms with Crippen LogP contribution < -0.4 is 20.7 Å². The zero-order valence-corrected chi connectivity index (χ0v) is 20.4. The third kappa shape index (κ3) is 5.74. The van der Waals surface area contributed by atoms with Gasteiger partial charge in [0.05, 0.1) is 44.4 Å². The van der Waals surface area contributed by atoms with Crippen molar-refractivity contribution in [3.63, 3.8) is 0 Å². The molecule has 2 fully saturated rings. The van der Waals surface area contributed by atoms with Crippen molar-refractivity contribution in [1.29, 1.82) is 0 Å². The van der Waals surface area contributed by atoms with E-state index in [-0.39, 0.29) is 12.1 Å². The molecule has 13 heteroatoms. The first-order valence-electron chi connectivity index (χ1n) is 11.6. The molecule has 4 heterocycles. The molecule has 2 aromatic heterocycles. The summed E-state index contributed by atoms with van der Waals surface area (Å²) in [6.07, 6.45) is 2.27. The third-order valence-electron chi connectivity index (χ3n) is 5.78. The summed E-state index contributed by atoms with van der Waals surface area (Å²) >= 11 is 1.51. The summed E-state index contributed by atoms with van der Waals surface area (Å²) in [6.45, 7) is 4.45. The summed E-state index contributed by atoms with van der Waals surface area (Å²) in [5, 5.41) is 13.0. The molecule has 35 heavy (non-hydrogen) atoms. The minimum Gasteiger partial charge on any atom is -0.495 e. The van der Waals surface area contributed by atoms with Gasteiger partial charge in [0.15, 0.2) is 5.16 Å². The van der Waals surface area contributed by atoms with Gasteiger partial charge in [0.25, 0.3) is 0 Å². The van der Waals surface area contributed by atoms with Gasteiger partial charge in [-0.3, -0.25) is 4.57 Å². The fourth-order valence-corrected chi connectivity index (χ4v) is 4.89. The number of benzene rings is 1. The molecule has 3 N–H and O–H groups in total. The number of morpholine rings is 1. The monoisotopic (exact) mass is 499 g/mol. The van der Waals surface area contributed by atoms with E-state index in [0.717, 1.165) is 49.3 Å². The van der Waals surface area contributed by atoms with Crippen LogP contribution in [0.15, 0.2) is 29.4 Å². The number of nitrogens with two attached hydrogens (primary N) is 1. The molecule has 0 amide bonds. The van der Waals surface area contributed by atoms with E-state index in [2.05, 4.69) is 39.9 Å². The second-order valence-corrected chi connectivity index (χ2v) is 9.12. The van der Waals surface area contributed by atoms with Gasteiger partial charge < -0.3 is 30.2 Å². The van der Waals surface area contributed by atoms with E-state index in [1.54, 1.807) is 7.11 Å². The molecule has 0 aliphatic carbocycles. The molecular weight excluding hydrogens is 470 g/mol. The molecule has 2 aliphatic heterocycles. The van der Waals surface area contributed by atoms with E-state index in [1.165, 1.54) is 11.8 Å². The van der Waals surface area contributed by atoms with Crippen molar-refractivity contribution in [1.82, 2.24) is 29.7 Å². The number of hydrogen-bond donors (Lipinski definition) is 2. The van der Waals surface area contributed by atoms with E-state index in [9.17, 15) is 0 Å². The van der Waals surface area contributed by atoms with Crippen LogP contribution in [0.2, 0.25) is 0 Å². The number of para-hydroxylation sites is 2. The van der Waals surface area contributed by atoms with Crippen LogP contribution in [0, 0.1) is 0 Å². The van der Waals surface area contributed by atoms with Gasteiger partial charge in [-0.2, -0.15) is 15.0 Å². The lowest BCUT2D eigenvalue weighted by Gasteiger charge is -2.28. The Hall–Kier alpha value is -3.16. The van der Waals surface area contributed by atoms with Gasteiger partial charge in [0.1, 0.15) is 11.6 Å². The maximum atomic E-state index is 5.98. The quantitative estimate of drug-likeness (QED) is 0.417. The number of nitrogens with zero attached hydrogens (tertiary/aromatic N) is 7. The first-order valence-corrected chi connectivity index (χ1v) is 12.6. The number of rotatable bonds is 9. The molecule has 0 spiro atoms. The molecular formula is C22H29N9O3S. The minimum atomic E-state index is 0.142. The Morgan fingerprint density at radius 3 is 2.80 bits per heavy atom. The van der Waals surface area contributed by atoms with Crippen LogP contribution in [0.4, 0.5) is 23.5 Å². The summed E-state index contributed by atoms with van der Waals surface area (Å²) in [5.41, 5.74) is 6.72. The van der Waals surface area contributed by atoms with Crippen molar-refractivity contribution in [2.24, 2.45) is 0 Å². The maximum absolute atomic E-state index is 5.98. The van der Waals surface area contributed by atoms with Gasteiger partial charge >= 0.3 is 0 Å². The molecule has 2 saturated heterocycles. The SMILES string of the molecule is COc1ccccc1Nc1nc(N)nc(CSc2nnc(N3CCOCC3)n2CC2CCCO2)n1. The number of nitrogen functional groups attached to an aromatic ring is 1. The fourth-order valence-electron chi connectivity index (χ4n) is 4.09. The van der Waals surface area contributed by atoms with Gasteiger partial charge in [0.2, 0.25) is 17.8 Å². The smallest absolute Gasteiger partial charge is 0.232 e. The summed E-state index contributed by atoms with van der Waals surface area (Å²) in [6, 6.07) is 7.54. The first-order chi connectivity index (χ1) is 17.2. The highest BCUT2D eigenvalue weighted by Crippen LogP contribution is 2.29. The van der Waals surface area contributed by atoms with Crippen molar-refractivity contribution in [2.75, 3.05) is 56.0 Å². The highest BCUT2D eigenvalue weighted by atomic mass is 32.2. The van der Waals surface area contributed by atoms with Crippen molar-refractivity contribution in [2.45, 2.75) is 36.4 Å². The van der Waals surface area contributed by atoms with Gasteiger partial charge in [0, 0.05) is 19.7 Å². The average molecular weight is 500 g/mol. The van der Waals surface area contributed by atoms with Gasteiger partial charge in [-0.25, -0.2) is 0 Å². The largest absolute Gasteiger partial charge is 0.495 e. The van der Waals surface area contributed by atoms with E-state index < -0.39 is 0 Å².